The maximum atomic E-state index is 4.95. The van der Waals surface area contributed by atoms with Gasteiger partial charge < -0.3 is 11.1 Å². The van der Waals surface area contributed by atoms with E-state index in [9.17, 15) is 0 Å². The lowest BCUT2D eigenvalue weighted by Gasteiger charge is -2.32. The summed E-state index contributed by atoms with van der Waals surface area (Å²) in [7, 11) is 0. The molecule has 1 aliphatic heterocycles. The Balaban J connectivity index is 0.000000659. The van der Waals surface area contributed by atoms with E-state index < -0.39 is 0 Å². The molecule has 5 heteroatoms. The van der Waals surface area contributed by atoms with Gasteiger partial charge in [-0.3, -0.25) is 4.98 Å². The van der Waals surface area contributed by atoms with E-state index >= 15 is 0 Å². The zero-order valence-corrected chi connectivity index (χ0v) is 19.9. The van der Waals surface area contributed by atoms with Crippen molar-refractivity contribution in [2.45, 2.75) is 45.4 Å². The van der Waals surface area contributed by atoms with Crippen LogP contribution in [-0.2, 0) is 12.8 Å². The van der Waals surface area contributed by atoms with Crippen LogP contribution in [0.5, 0.6) is 0 Å². The summed E-state index contributed by atoms with van der Waals surface area (Å²) in [5.41, 5.74) is 12.0. The fourth-order valence-electron chi connectivity index (χ4n) is 4.40. The third-order valence-electron chi connectivity index (χ3n) is 5.45. The Morgan fingerprint density at radius 2 is 1.85 bits per heavy atom. The summed E-state index contributed by atoms with van der Waals surface area (Å²) in [5.74, 6) is 1.10. The highest BCUT2D eigenvalue weighted by atomic mass is 127. The fourth-order valence-corrected chi connectivity index (χ4v) is 5.77. The maximum Gasteiger partial charge on any atom is 0.0514 e. The molecule has 4 rings (SSSR count). The Morgan fingerprint density at radius 1 is 1.19 bits per heavy atom. The predicted octanol–water partition coefficient (Wildman–Crippen LogP) is 4.95. The lowest BCUT2D eigenvalue weighted by atomic mass is 9.76. The van der Waals surface area contributed by atoms with Crippen LogP contribution in [0.2, 0.25) is 0 Å². The second-order valence-electron chi connectivity index (χ2n) is 7.49. The molecule has 27 heavy (non-hydrogen) atoms. The van der Waals surface area contributed by atoms with Gasteiger partial charge in [0, 0.05) is 20.2 Å². The molecule has 3 N–H and O–H groups in total. The molecular formula is C22H29BrIN3. The molecule has 0 saturated carbocycles. The van der Waals surface area contributed by atoms with Crippen LogP contribution in [0.15, 0.2) is 28.9 Å². The van der Waals surface area contributed by atoms with Crippen molar-refractivity contribution in [3.8, 4) is 0 Å². The number of aryl methyl sites for hydroxylation is 3. The van der Waals surface area contributed by atoms with Crippen molar-refractivity contribution in [2.75, 3.05) is 19.6 Å². The van der Waals surface area contributed by atoms with Crippen LogP contribution >= 0.6 is 38.5 Å². The number of benzene rings is 1. The van der Waals surface area contributed by atoms with Gasteiger partial charge in [0.2, 0.25) is 0 Å². The van der Waals surface area contributed by atoms with Crippen LogP contribution in [-0.4, -0.2) is 24.6 Å². The van der Waals surface area contributed by atoms with E-state index in [0.717, 1.165) is 32.5 Å². The number of rotatable bonds is 1. The molecule has 1 aliphatic carbocycles. The molecule has 1 atom stereocenters. The van der Waals surface area contributed by atoms with Crippen LogP contribution in [0.25, 0.3) is 0 Å². The van der Waals surface area contributed by atoms with Gasteiger partial charge in [-0.25, -0.2) is 0 Å². The largest absolute Gasteiger partial charge is 0.331 e. The first-order valence-corrected chi connectivity index (χ1v) is 11.8. The van der Waals surface area contributed by atoms with Gasteiger partial charge in [-0.1, -0.05) is 28.9 Å². The number of pyridine rings is 1. The average molecular weight is 542 g/mol. The van der Waals surface area contributed by atoms with Crippen LogP contribution in [0.3, 0.4) is 0 Å². The number of halogens is 2. The summed E-state index contributed by atoms with van der Waals surface area (Å²) < 4.78 is 2.52. The minimum atomic E-state index is 0.423. The molecule has 0 amide bonds. The van der Waals surface area contributed by atoms with E-state index in [1.54, 1.807) is 0 Å². The topological polar surface area (TPSA) is 50.9 Å². The summed E-state index contributed by atoms with van der Waals surface area (Å²) in [6.45, 7) is 7.10. The van der Waals surface area contributed by atoms with Crippen LogP contribution in [0.1, 0.15) is 53.6 Å². The third-order valence-corrected chi connectivity index (χ3v) is 6.70. The second kappa shape index (κ2) is 9.81. The second-order valence-corrected chi connectivity index (χ2v) is 9.59. The molecule has 1 aromatic carbocycles. The first kappa shape index (κ1) is 21.2. The Bertz CT molecular complexity index is 787. The normalized spacial score (nSPS) is 19.4. The zero-order valence-electron chi connectivity index (χ0n) is 16.2. The molecule has 0 radical (unpaired) electrons. The standard InChI is InChI=1S/C20H22BrIN2.C2H7N/c1-12-8-14-2-3-15-10-16(22)11-24-20(15)19(18(14)17(21)9-12)13-4-6-23-7-5-13;1-2-3/h8-11,13,19,23H,2-7H2,1H3;2-3H2,1H3. The molecule has 0 spiro atoms. The van der Waals surface area contributed by atoms with Gasteiger partial charge in [-0.05, 0) is 115 Å². The van der Waals surface area contributed by atoms with Crippen molar-refractivity contribution in [2.24, 2.45) is 11.7 Å². The smallest absolute Gasteiger partial charge is 0.0514 e. The number of piperidine rings is 1. The van der Waals surface area contributed by atoms with E-state index in [1.165, 1.54) is 48.8 Å². The van der Waals surface area contributed by atoms with Crippen molar-refractivity contribution in [1.29, 1.82) is 0 Å². The van der Waals surface area contributed by atoms with E-state index in [-0.39, 0.29) is 0 Å². The summed E-state index contributed by atoms with van der Waals surface area (Å²) in [4.78, 5) is 4.95. The monoisotopic (exact) mass is 541 g/mol. The molecule has 0 bridgehead atoms. The third kappa shape index (κ3) is 4.92. The number of fused-ring (bicyclic) bond motifs is 2. The minimum absolute atomic E-state index is 0.423. The maximum absolute atomic E-state index is 4.95. The minimum Gasteiger partial charge on any atom is -0.331 e. The molecule has 146 valence electrons. The first-order chi connectivity index (χ1) is 13.0. The molecule has 1 aromatic heterocycles. The molecular weight excluding hydrogens is 513 g/mol. The Labute approximate surface area is 185 Å². The van der Waals surface area contributed by atoms with Gasteiger partial charge in [-0.15, -0.1) is 0 Å². The van der Waals surface area contributed by atoms with E-state index in [2.05, 4.69) is 69.0 Å². The highest BCUT2D eigenvalue weighted by molar-refractivity contribution is 14.1. The molecule has 1 saturated heterocycles. The van der Waals surface area contributed by atoms with Crippen molar-refractivity contribution in [1.82, 2.24) is 10.3 Å². The summed E-state index contributed by atoms with van der Waals surface area (Å²) in [6, 6.07) is 7.03. The lowest BCUT2D eigenvalue weighted by molar-refractivity contribution is 0.338. The summed E-state index contributed by atoms with van der Waals surface area (Å²) in [5, 5.41) is 3.52. The SMILES string of the molecule is CCN.Cc1cc(Br)c2c(c1)CCc1cc(I)cnc1C2C1CCNCC1. The average Bonchev–Trinajstić information content (AvgIpc) is 2.80. The van der Waals surface area contributed by atoms with Gasteiger partial charge in [0.1, 0.15) is 0 Å². The Hall–Kier alpha value is -0.500. The summed E-state index contributed by atoms with van der Waals surface area (Å²) in [6.07, 6.45) is 6.73. The quantitative estimate of drug-likeness (QED) is 0.502. The highest BCUT2D eigenvalue weighted by Gasteiger charge is 2.34. The molecule has 2 aromatic rings. The molecule has 2 aliphatic rings. The molecule has 2 heterocycles. The van der Waals surface area contributed by atoms with Crippen LogP contribution < -0.4 is 11.1 Å². The number of hydrogen-bond acceptors (Lipinski definition) is 3. The van der Waals surface area contributed by atoms with Gasteiger partial charge in [0.25, 0.3) is 0 Å². The van der Waals surface area contributed by atoms with Gasteiger partial charge in [0.15, 0.2) is 0 Å². The Kier molecular flexibility index (Phi) is 7.71. The number of nitrogens with two attached hydrogens (primary N) is 1. The predicted molar refractivity (Wildman–Crippen MR) is 125 cm³/mol. The van der Waals surface area contributed by atoms with E-state index in [1.807, 2.05) is 13.1 Å². The van der Waals surface area contributed by atoms with Crippen molar-refractivity contribution in [3.05, 3.63) is 60.4 Å². The van der Waals surface area contributed by atoms with Crippen molar-refractivity contribution < 1.29 is 0 Å². The molecule has 1 unspecified atom stereocenters. The van der Waals surface area contributed by atoms with E-state index in [0.29, 0.717) is 11.8 Å². The number of hydrogen-bond donors (Lipinski definition) is 2. The number of nitrogens with one attached hydrogen (secondary N) is 1. The molecule has 1 fully saturated rings. The van der Waals surface area contributed by atoms with Gasteiger partial charge in [0.05, 0.1) is 5.69 Å². The number of nitrogens with zero attached hydrogens (tertiary/aromatic N) is 1. The van der Waals surface area contributed by atoms with E-state index in [4.69, 9.17) is 10.7 Å². The van der Waals surface area contributed by atoms with Crippen molar-refractivity contribution >= 4 is 38.5 Å². The molecule has 3 nitrogen and oxygen atoms in total. The van der Waals surface area contributed by atoms with Crippen LogP contribution in [0.4, 0.5) is 0 Å². The first-order valence-electron chi connectivity index (χ1n) is 9.89. The van der Waals surface area contributed by atoms with Gasteiger partial charge in [-0.2, -0.15) is 0 Å². The zero-order chi connectivity index (χ0) is 19.4. The Morgan fingerprint density at radius 3 is 2.56 bits per heavy atom. The highest BCUT2D eigenvalue weighted by Crippen LogP contribution is 2.44. The van der Waals surface area contributed by atoms with Crippen LogP contribution in [0, 0.1) is 16.4 Å². The lowest BCUT2D eigenvalue weighted by Crippen LogP contribution is -2.32. The fraction of sp³-hybridized carbons (Fsp3) is 0.500. The van der Waals surface area contributed by atoms with Gasteiger partial charge >= 0.3 is 0 Å². The number of aromatic nitrogens is 1. The van der Waals surface area contributed by atoms with Crippen molar-refractivity contribution in [3.63, 3.8) is 0 Å². The summed E-state index contributed by atoms with van der Waals surface area (Å²) >= 11 is 6.29.